The number of carbonyl (C=O) groups is 7. The lowest BCUT2D eigenvalue weighted by molar-refractivity contribution is -0.144. The summed E-state index contributed by atoms with van der Waals surface area (Å²) < 4.78 is 89.0. The Morgan fingerprint density at radius 1 is 0.282 bits per heavy atom. The predicted octanol–water partition coefficient (Wildman–Crippen LogP) is 16.3. The Morgan fingerprint density at radius 2 is 0.532 bits per heavy atom. The van der Waals surface area contributed by atoms with E-state index in [4.69, 9.17) is 95.8 Å². The normalized spacial score (nSPS) is 14.1. The molecular formula is C97H158O27. The molecule has 0 spiro atoms. The lowest BCUT2D eigenvalue weighted by atomic mass is 10.2. The van der Waals surface area contributed by atoms with Crippen molar-refractivity contribution >= 4 is 41.8 Å². The van der Waals surface area contributed by atoms with Gasteiger partial charge in [-0.25, -0.2) is 33.6 Å². The van der Waals surface area contributed by atoms with E-state index in [1.165, 1.54) is 42.5 Å². The third-order valence-electron chi connectivity index (χ3n) is 14.1. The number of benzene rings is 1. The first-order chi connectivity index (χ1) is 59.5. The molecule has 27 heteroatoms. The van der Waals surface area contributed by atoms with Crippen LogP contribution in [0.1, 0.15) is 183 Å². The van der Waals surface area contributed by atoms with Crippen molar-refractivity contribution in [2.45, 2.75) is 245 Å². The van der Waals surface area contributed by atoms with Crippen LogP contribution in [0.25, 0.3) is 0 Å². The number of ether oxygens (including phenoxy) is 17. The van der Waals surface area contributed by atoms with E-state index in [9.17, 15) is 33.6 Å². The minimum Gasteiger partial charge on any atom is -0.460 e. The van der Waals surface area contributed by atoms with Gasteiger partial charge < -0.3 is 95.8 Å². The molecule has 0 aliphatic heterocycles. The molecule has 0 heterocycles. The predicted molar refractivity (Wildman–Crippen MR) is 490 cm³/mol. The molecule has 10 unspecified atom stereocenters. The number of hydrogen-bond acceptors (Lipinski definition) is 27. The van der Waals surface area contributed by atoms with Crippen molar-refractivity contribution in [3.8, 4) is 0 Å². The summed E-state index contributed by atoms with van der Waals surface area (Å²) in [5.74, 6) is -2.63. The molecule has 0 fully saturated rings. The monoisotopic (exact) mass is 1760 g/mol. The van der Waals surface area contributed by atoms with Crippen molar-refractivity contribution in [3.05, 3.63) is 206 Å². The van der Waals surface area contributed by atoms with E-state index in [1.807, 2.05) is 157 Å². The Hall–Kier alpha value is -8.65. The fraction of sp³-hybridized carbons (Fsp3) is 0.577. The first-order valence-corrected chi connectivity index (χ1v) is 42.9. The van der Waals surface area contributed by atoms with E-state index >= 15 is 0 Å². The Labute approximate surface area is 743 Å². The van der Waals surface area contributed by atoms with Gasteiger partial charge in [0.1, 0.15) is 45.7 Å². The second-order valence-corrected chi connectivity index (χ2v) is 27.1. The molecule has 0 aliphatic rings. The van der Waals surface area contributed by atoms with Crippen molar-refractivity contribution < 1.29 is 129 Å². The van der Waals surface area contributed by atoms with Crippen molar-refractivity contribution in [3.63, 3.8) is 0 Å². The largest absolute Gasteiger partial charge is 0.460 e. The van der Waals surface area contributed by atoms with Crippen molar-refractivity contribution in [2.75, 3.05) is 126 Å². The van der Waals surface area contributed by atoms with Crippen LogP contribution in [-0.2, 0) is 121 Å². The minimum atomic E-state index is -0.507. The summed E-state index contributed by atoms with van der Waals surface area (Å²) in [6, 6.07) is 9.90. The van der Waals surface area contributed by atoms with E-state index in [1.54, 1.807) is 119 Å². The van der Waals surface area contributed by atoms with Gasteiger partial charge >= 0.3 is 41.8 Å². The number of unbranched alkanes of at least 4 members (excludes halogenated alkanes) is 3. The van der Waals surface area contributed by atoms with E-state index < -0.39 is 36.2 Å². The van der Waals surface area contributed by atoms with Crippen molar-refractivity contribution in [2.24, 2.45) is 0 Å². The fourth-order valence-electron chi connectivity index (χ4n) is 7.48. The van der Waals surface area contributed by atoms with Gasteiger partial charge in [0.25, 0.3) is 0 Å². The second-order valence-electron chi connectivity index (χ2n) is 27.1. The molecule has 708 valence electrons. The third-order valence-corrected chi connectivity index (χ3v) is 14.1. The molecule has 3 N–H and O–H groups in total. The van der Waals surface area contributed by atoms with Gasteiger partial charge in [0.05, 0.1) is 128 Å². The van der Waals surface area contributed by atoms with E-state index in [2.05, 4.69) is 20.8 Å². The molecule has 0 bridgehead atoms. The summed E-state index contributed by atoms with van der Waals surface area (Å²) in [5, 5.41) is 26.6. The maximum Gasteiger partial charge on any atom is 0.331 e. The SMILES string of the molecule is C/C=C/C=C/C(=O)OC(C)CO.C/C=C/C=C/C(=O)OCC(C)OCC(C)O.C/C=C/C=C/C(=O)OCC(C)OCC(C)OCC(C)O.C/C=C/C=C/C(=O)OCC(C)OCC(C)OCC(C)OCCCC.C/C=C/C=C/C(=O)OCC(C)OCc1ccccc1.C/C=C/C=C/C(=O)OCCOCCCC.C/C=C/C=C/C(=O)OCCOCCOCCCC. The summed E-state index contributed by atoms with van der Waals surface area (Å²) in [4.78, 5) is 78.0. The van der Waals surface area contributed by atoms with Crippen LogP contribution in [0.3, 0.4) is 0 Å². The average Bonchev–Trinajstić information content (AvgIpc) is 0.941. The number of allylic oxidation sites excluding steroid dienone is 21. The topological polar surface area (TPSA) is 337 Å². The minimum absolute atomic E-state index is 0.0324. The van der Waals surface area contributed by atoms with Gasteiger partial charge in [0.15, 0.2) is 0 Å². The van der Waals surface area contributed by atoms with Crippen LogP contribution in [0.2, 0.25) is 0 Å². The average molecular weight is 1760 g/mol. The van der Waals surface area contributed by atoms with Gasteiger partial charge in [-0.05, 0) is 143 Å². The second kappa shape index (κ2) is 99.8. The number of hydrogen-bond donors (Lipinski definition) is 3. The number of aliphatic hydroxyl groups is 3. The molecule has 124 heavy (non-hydrogen) atoms. The summed E-state index contributed by atoms with van der Waals surface area (Å²) in [7, 11) is 0. The molecule has 0 amide bonds. The summed E-state index contributed by atoms with van der Waals surface area (Å²) in [5.41, 5.74) is 1.11. The Balaban J connectivity index is -0.000000330. The van der Waals surface area contributed by atoms with Crippen LogP contribution < -0.4 is 0 Å². The third kappa shape index (κ3) is 109. The number of esters is 7. The Kier molecular flexibility index (Phi) is 101. The Morgan fingerprint density at radius 3 is 0.823 bits per heavy atom. The van der Waals surface area contributed by atoms with Gasteiger partial charge in [-0.1, -0.05) is 198 Å². The van der Waals surface area contributed by atoms with Crippen molar-refractivity contribution in [1.82, 2.24) is 0 Å². The molecule has 0 saturated carbocycles. The highest BCUT2D eigenvalue weighted by Crippen LogP contribution is 2.07. The number of rotatable bonds is 61. The highest BCUT2D eigenvalue weighted by atomic mass is 16.6. The Bertz CT molecular complexity index is 3100. The van der Waals surface area contributed by atoms with Crippen LogP contribution in [0.5, 0.6) is 0 Å². The summed E-state index contributed by atoms with van der Waals surface area (Å²) in [6.07, 6.45) is 50.5. The van der Waals surface area contributed by atoms with E-state index in [0.29, 0.717) is 59.5 Å². The molecule has 1 aromatic carbocycles. The van der Waals surface area contributed by atoms with Crippen LogP contribution in [0.4, 0.5) is 0 Å². The molecule has 1 rings (SSSR count). The van der Waals surface area contributed by atoms with Gasteiger partial charge in [0, 0.05) is 62.4 Å². The molecule has 0 saturated heterocycles. The zero-order chi connectivity index (χ0) is 94.1. The number of aliphatic hydroxyl groups excluding tert-OH is 3. The van der Waals surface area contributed by atoms with Crippen LogP contribution in [0.15, 0.2) is 200 Å². The maximum atomic E-state index is 11.4. The van der Waals surface area contributed by atoms with Gasteiger partial charge in [0.2, 0.25) is 0 Å². The van der Waals surface area contributed by atoms with Crippen molar-refractivity contribution in [1.29, 1.82) is 0 Å². The lowest BCUT2D eigenvalue weighted by Crippen LogP contribution is -2.27. The molecule has 10 atom stereocenters. The lowest BCUT2D eigenvalue weighted by Gasteiger charge is -2.19. The quantitative estimate of drug-likeness (QED) is 0.0179. The smallest absolute Gasteiger partial charge is 0.331 e. The van der Waals surface area contributed by atoms with Crippen LogP contribution in [0, 0.1) is 0 Å². The molecule has 1 aromatic rings. The first-order valence-electron chi connectivity index (χ1n) is 42.9. The highest BCUT2D eigenvalue weighted by molar-refractivity contribution is 5.84. The first kappa shape index (κ1) is 126. The molecule has 0 aromatic heterocycles. The zero-order valence-electron chi connectivity index (χ0n) is 78.4. The van der Waals surface area contributed by atoms with Gasteiger partial charge in [-0.3, -0.25) is 0 Å². The maximum absolute atomic E-state index is 11.4. The fourth-order valence-corrected chi connectivity index (χ4v) is 7.48. The number of carbonyl (C=O) groups excluding carboxylic acids is 7. The summed E-state index contributed by atoms with van der Waals surface area (Å²) in [6.45, 7) is 45.6. The molecule has 0 aliphatic carbocycles. The zero-order valence-corrected chi connectivity index (χ0v) is 78.4. The highest BCUT2D eigenvalue weighted by Gasteiger charge is 2.14. The molecular weight excluding hydrogens is 1600 g/mol. The van der Waals surface area contributed by atoms with E-state index in [0.717, 1.165) is 63.9 Å². The standard InChI is InChI=1S/C19H34O5.C16H20O3.C15H26O5.C14H24O4.C12H20O4.C12H20O3.C9H14O3/c1-6-8-10-11-19(20)24-15-18(5)23-14-17(4)22-13-16(3)21-12-9-7-2;1-3-4-6-11-16(17)19-12-14(2)18-13-15-9-7-5-8-10-15;1-5-6-7-8-15(17)20-11-14(4)19-10-13(3)18-9-12(2)16;1-3-5-7-8-14(15)18-13-12-17-11-10-16-9-6-4-2;1-4-5-6-7-12(14)16-9-11(3)15-8-10(2)13;1-3-5-7-8-12(13)15-11-10-14-9-6-4-2;1-3-4-5-6-9(11)12-8(2)7-10/h6,8,10-11,16-18H,7,9,12-15H2,1-5H3;3-11,14H,12-13H2,1-2H3;5-8,12-14,16H,9-11H2,1-4H3;3,5,7-8H,4,6,9-13H2,1-2H3;4-7,10-11,13H,8-9H2,1-3H3;3,5,7-8H,4,6,9-11H2,1-2H3;3-6,8,10H,7H2,1-2H3/b8-6+,11-10+;4-3+,11-6+;6-5+,8-7+;5-3+,8-7+;5-4+,7-6+;5-3+,8-7+;4-3+,6-5+. The molecule has 0 radical (unpaired) electrons. The summed E-state index contributed by atoms with van der Waals surface area (Å²) >= 11 is 0. The van der Waals surface area contributed by atoms with Crippen LogP contribution in [-0.4, -0.2) is 244 Å². The van der Waals surface area contributed by atoms with E-state index in [-0.39, 0.29) is 119 Å². The van der Waals surface area contributed by atoms with Gasteiger partial charge in [-0.2, -0.15) is 0 Å². The van der Waals surface area contributed by atoms with Crippen LogP contribution >= 0.6 is 0 Å². The molecule has 27 nitrogen and oxygen atoms in total. The van der Waals surface area contributed by atoms with Gasteiger partial charge in [-0.15, -0.1) is 0 Å².